The highest BCUT2D eigenvalue weighted by Crippen LogP contribution is 2.26. The largest absolute Gasteiger partial charge is 0.296 e. The summed E-state index contributed by atoms with van der Waals surface area (Å²) in [4.78, 5) is 12.2. The zero-order valence-corrected chi connectivity index (χ0v) is 17.0. The summed E-state index contributed by atoms with van der Waals surface area (Å²) >= 11 is 2.64. The van der Waals surface area contributed by atoms with Crippen molar-refractivity contribution in [3.63, 3.8) is 0 Å². The summed E-state index contributed by atoms with van der Waals surface area (Å²) in [5.41, 5.74) is -0.363. The van der Waals surface area contributed by atoms with Crippen LogP contribution in [-0.4, -0.2) is 47.7 Å². The zero-order chi connectivity index (χ0) is 19.3. The van der Waals surface area contributed by atoms with Gasteiger partial charge in [-0.15, -0.1) is 10.2 Å². The second kappa shape index (κ2) is 8.89. The van der Waals surface area contributed by atoms with E-state index in [4.69, 9.17) is 0 Å². The van der Waals surface area contributed by atoms with Crippen molar-refractivity contribution in [2.75, 3.05) is 24.2 Å². The van der Waals surface area contributed by atoms with Crippen LogP contribution in [0.2, 0.25) is 0 Å². The van der Waals surface area contributed by atoms with Crippen LogP contribution < -0.4 is 5.32 Å². The predicted octanol–water partition coefficient (Wildman–Crippen LogP) is 3.07. The van der Waals surface area contributed by atoms with Crippen LogP contribution >= 0.6 is 23.1 Å². The first-order valence-electron chi connectivity index (χ1n) is 7.90. The van der Waals surface area contributed by atoms with Gasteiger partial charge in [0.1, 0.15) is 5.82 Å². The van der Waals surface area contributed by atoms with Gasteiger partial charge in [-0.25, -0.2) is 12.8 Å². The van der Waals surface area contributed by atoms with Crippen molar-refractivity contribution < 1.29 is 17.6 Å². The number of rotatable bonds is 8. The van der Waals surface area contributed by atoms with E-state index in [1.807, 2.05) is 6.92 Å². The van der Waals surface area contributed by atoms with Crippen molar-refractivity contribution in [3.05, 3.63) is 29.6 Å². The number of amides is 1. The lowest BCUT2D eigenvalue weighted by Crippen LogP contribution is -2.31. The van der Waals surface area contributed by atoms with E-state index in [9.17, 15) is 17.6 Å². The molecule has 142 valence electrons. The van der Waals surface area contributed by atoms with Crippen LogP contribution in [0.25, 0.3) is 0 Å². The van der Waals surface area contributed by atoms with Crippen molar-refractivity contribution in [3.8, 4) is 0 Å². The lowest BCUT2D eigenvalue weighted by atomic mass is 10.2. The third-order valence-electron chi connectivity index (χ3n) is 3.42. The van der Waals surface area contributed by atoms with E-state index in [-0.39, 0.29) is 28.7 Å². The number of benzene rings is 1. The first kappa shape index (κ1) is 20.7. The summed E-state index contributed by atoms with van der Waals surface area (Å²) in [7, 11) is -3.79. The van der Waals surface area contributed by atoms with Gasteiger partial charge < -0.3 is 0 Å². The molecule has 0 atom stereocenters. The van der Waals surface area contributed by atoms with Crippen LogP contribution in [0, 0.1) is 5.82 Å². The number of hydrogen-bond acceptors (Lipinski definition) is 7. The van der Waals surface area contributed by atoms with Crippen LogP contribution in [-0.2, 0) is 10.0 Å². The molecule has 0 bridgehead atoms. The highest BCUT2D eigenvalue weighted by atomic mass is 32.2. The average molecular weight is 419 g/mol. The minimum atomic E-state index is -3.79. The van der Waals surface area contributed by atoms with Gasteiger partial charge in [0.05, 0.1) is 10.5 Å². The van der Waals surface area contributed by atoms with Gasteiger partial charge in [-0.2, -0.15) is 4.31 Å². The fourth-order valence-electron chi connectivity index (χ4n) is 2.16. The van der Waals surface area contributed by atoms with Crippen molar-refractivity contribution in [2.24, 2.45) is 0 Å². The van der Waals surface area contributed by atoms with Gasteiger partial charge in [-0.1, -0.05) is 43.9 Å². The highest BCUT2D eigenvalue weighted by Gasteiger charge is 2.24. The standard InChI is InChI=1S/C15H19FN4O3S3/c1-4-20(5-2)26(22,23)10-7-8-12(16)11(9-10)13(21)17-14-18-19-15(25-14)24-6-3/h7-9H,4-6H2,1-3H3,(H,17,18,21). The summed E-state index contributed by atoms with van der Waals surface area (Å²) in [6.45, 7) is 5.93. The maximum atomic E-state index is 14.1. The Balaban J connectivity index is 2.29. The van der Waals surface area contributed by atoms with Gasteiger partial charge in [0.25, 0.3) is 5.91 Å². The van der Waals surface area contributed by atoms with Crippen molar-refractivity contribution >= 4 is 44.2 Å². The number of thioether (sulfide) groups is 1. The van der Waals surface area contributed by atoms with Crippen LogP contribution in [0.4, 0.5) is 9.52 Å². The Hall–Kier alpha value is -1.56. The average Bonchev–Trinajstić information content (AvgIpc) is 3.03. The highest BCUT2D eigenvalue weighted by molar-refractivity contribution is 8.01. The van der Waals surface area contributed by atoms with Crippen molar-refractivity contribution in [2.45, 2.75) is 30.0 Å². The topological polar surface area (TPSA) is 92.3 Å². The normalized spacial score (nSPS) is 11.7. The van der Waals surface area contributed by atoms with E-state index < -0.39 is 21.7 Å². The second-order valence-electron chi connectivity index (χ2n) is 4.99. The molecule has 0 unspecified atom stereocenters. The number of hydrogen-bond donors (Lipinski definition) is 1. The van der Waals surface area contributed by atoms with E-state index in [0.29, 0.717) is 4.34 Å². The molecule has 0 spiro atoms. The number of aromatic nitrogens is 2. The van der Waals surface area contributed by atoms with Crippen LogP contribution in [0.15, 0.2) is 27.4 Å². The number of carbonyl (C=O) groups excluding carboxylic acids is 1. The van der Waals surface area contributed by atoms with Crippen molar-refractivity contribution in [1.29, 1.82) is 0 Å². The number of halogens is 1. The maximum Gasteiger partial charge on any atom is 0.260 e. The third kappa shape index (κ3) is 4.58. The molecule has 2 rings (SSSR count). The molecule has 0 saturated heterocycles. The molecule has 26 heavy (non-hydrogen) atoms. The Labute approximate surface area is 160 Å². The number of carbonyl (C=O) groups is 1. The summed E-state index contributed by atoms with van der Waals surface area (Å²) in [6.07, 6.45) is 0. The zero-order valence-electron chi connectivity index (χ0n) is 14.5. The Morgan fingerprint density at radius 2 is 1.96 bits per heavy atom. The van der Waals surface area contributed by atoms with E-state index in [1.165, 1.54) is 27.4 Å². The maximum absolute atomic E-state index is 14.1. The summed E-state index contributed by atoms with van der Waals surface area (Å²) in [5.74, 6) is -0.778. The molecule has 0 fully saturated rings. The van der Waals surface area contributed by atoms with Crippen molar-refractivity contribution in [1.82, 2.24) is 14.5 Å². The minimum absolute atomic E-state index is 0.132. The quantitative estimate of drug-likeness (QED) is 0.523. The SMILES string of the molecule is CCSc1nnc(NC(=O)c2cc(S(=O)(=O)N(CC)CC)ccc2F)s1. The molecule has 1 heterocycles. The summed E-state index contributed by atoms with van der Waals surface area (Å²) in [6, 6.07) is 3.17. The van der Waals surface area contributed by atoms with Gasteiger partial charge in [-0.3, -0.25) is 10.1 Å². The second-order valence-corrected chi connectivity index (χ2v) is 9.42. The fraction of sp³-hybridized carbons (Fsp3) is 0.400. The summed E-state index contributed by atoms with van der Waals surface area (Å²) < 4.78 is 41.1. The Bertz CT molecular complexity index is 882. The molecule has 0 saturated carbocycles. The monoisotopic (exact) mass is 418 g/mol. The van der Waals surface area contributed by atoms with E-state index in [1.54, 1.807) is 13.8 Å². The Kier molecular flexibility index (Phi) is 7.09. The molecule has 0 radical (unpaired) electrons. The number of nitrogens with zero attached hydrogens (tertiary/aromatic N) is 3. The molecule has 11 heteroatoms. The van der Waals surface area contributed by atoms with Crippen LogP contribution in [0.1, 0.15) is 31.1 Å². The van der Waals surface area contributed by atoms with Crippen LogP contribution in [0.3, 0.4) is 0 Å². The Morgan fingerprint density at radius 1 is 1.27 bits per heavy atom. The lowest BCUT2D eigenvalue weighted by Gasteiger charge is -2.18. The molecule has 1 N–H and O–H groups in total. The van der Waals surface area contributed by atoms with Gasteiger partial charge in [0.15, 0.2) is 4.34 Å². The van der Waals surface area contributed by atoms with Crippen LogP contribution in [0.5, 0.6) is 0 Å². The molecule has 1 amide bonds. The van der Waals surface area contributed by atoms with Gasteiger partial charge >= 0.3 is 0 Å². The molecule has 2 aromatic rings. The molecule has 1 aromatic heterocycles. The molecular formula is C15H19FN4O3S3. The molecular weight excluding hydrogens is 399 g/mol. The lowest BCUT2D eigenvalue weighted by molar-refractivity contribution is 0.102. The Morgan fingerprint density at radius 3 is 2.58 bits per heavy atom. The molecule has 7 nitrogen and oxygen atoms in total. The number of sulfonamides is 1. The first-order valence-corrected chi connectivity index (χ1v) is 11.1. The van der Waals surface area contributed by atoms with Gasteiger partial charge in [-0.05, 0) is 24.0 Å². The van der Waals surface area contributed by atoms with E-state index >= 15 is 0 Å². The fourth-order valence-corrected chi connectivity index (χ4v) is 5.29. The number of nitrogens with one attached hydrogen (secondary N) is 1. The predicted molar refractivity (Wildman–Crippen MR) is 101 cm³/mol. The third-order valence-corrected chi connectivity index (χ3v) is 7.32. The van der Waals surface area contributed by atoms with E-state index in [2.05, 4.69) is 15.5 Å². The summed E-state index contributed by atoms with van der Waals surface area (Å²) in [5, 5.41) is 10.4. The molecule has 0 aliphatic heterocycles. The number of anilines is 1. The smallest absolute Gasteiger partial charge is 0.260 e. The van der Waals surface area contributed by atoms with Gasteiger partial charge in [0.2, 0.25) is 15.2 Å². The van der Waals surface area contributed by atoms with Gasteiger partial charge in [0, 0.05) is 13.1 Å². The van der Waals surface area contributed by atoms with E-state index in [0.717, 1.165) is 24.0 Å². The molecule has 0 aliphatic carbocycles. The first-order chi connectivity index (χ1) is 12.3. The minimum Gasteiger partial charge on any atom is -0.296 e. The molecule has 0 aliphatic rings. The molecule has 1 aromatic carbocycles.